The molecule has 0 heterocycles. The van der Waals surface area contributed by atoms with Gasteiger partial charge in [0.15, 0.2) is 0 Å². The van der Waals surface area contributed by atoms with Crippen molar-refractivity contribution in [3.8, 4) is 0 Å². The van der Waals surface area contributed by atoms with Gasteiger partial charge in [-0.1, -0.05) is 24.3 Å². The number of carbonyl (C=O) groups is 2. The van der Waals surface area contributed by atoms with E-state index in [2.05, 4.69) is 10.6 Å². The average Bonchev–Trinajstić information content (AvgIpc) is 2.46. The Balaban J connectivity index is 2.57. The summed E-state index contributed by atoms with van der Waals surface area (Å²) >= 11 is 0. The first-order valence-corrected chi connectivity index (χ1v) is 6.99. The molecule has 0 saturated carbocycles. The van der Waals surface area contributed by atoms with Crippen molar-refractivity contribution in [3.05, 3.63) is 35.4 Å². The summed E-state index contributed by atoms with van der Waals surface area (Å²) in [5.41, 5.74) is 1.04. The standard InChI is InChI=1S/C16H24N2O3/c1-12-7-5-6-8-13(12)11-18-15(20)16(2,3)14(19)17-9-10-21-4/h5-8H,9-11H2,1-4H3,(H,17,19)(H,18,20). The molecule has 21 heavy (non-hydrogen) atoms. The first kappa shape index (κ1) is 17.2. The van der Waals surface area contributed by atoms with E-state index in [-0.39, 0.29) is 11.8 Å². The van der Waals surface area contributed by atoms with Crippen molar-refractivity contribution in [2.75, 3.05) is 20.3 Å². The van der Waals surface area contributed by atoms with Crippen LogP contribution >= 0.6 is 0 Å². The predicted octanol–water partition coefficient (Wildman–Crippen LogP) is 1.40. The molecule has 5 nitrogen and oxygen atoms in total. The highest BCUT2D eigenvalue weighted by molar-refractivity contribution is 6.04. The normalized spacial score (nSPS) is 11.0. The third-order valence-corrected chi connectivity index (χ3v) is 3.43. The van der Waals surface area contributed by atoms with Crippen molar-refractivity contribution in [1.29, 1.82) is 0 Å². The van der Waals surface area contributed by atoms with Gasteiger partial charge in [0.05, 0.1) is 6.61 Å². The molecule has 0 spiro atoms. The molecular weight excluding hydrogens is 268 g/mol. The Morgan fingerprint density at radius 1 is 1.14 bits per heavy atom. The summed E-state index contributed by atoms with van der Waals surface area (Å²) in [6.07, 6.45) is 0. The summed E-state index contributed by atoms with van der Waals surface area (Å²) in [5, 5.41) is 5.51. The maximum atomic E-state index is 12.2. The molecule has 0 unspecified atom stereocenters. The molecule has 116 valence electrons. The van der Waals surface area contributed by atoms with E-state index in [1.165, 1.54) is 0 Å². The highest BCUT2D eigenvalue weighted by Gasteiger charge is 2.35. The Morgan fingerprint density at radius 2 is 1.76 bits per heavy atom. The number of rotatable bonds is 7. The number of ether oxygens (including phenoxy) is 1. The van der Waals surface area contributed by atoms with Gasteiger partial charge in [-0.2, -0.15) is 0 Å². The summed E-state index contributed by atoms with van der Waals surface area (Å²) in [6, 6.07) is 7.83. The second-order valence-corrected chi connectivity index (χ2v) is 5.48. The number of hydrogen-bond acceptors (Lipinski definition) is 3. The van der Waals surface area contributed by atoms with Crippen LogP contribution in [0.4, 0.5) is 0 Å². The van der Waals surface area contributed by atoms with Crippen molar-refractivity contribution in [2.24, 2.45) is 5.41 Å². The Morgan fingerprint density at radius 3 is 2.38 bits per heavy atom. The topological polar surface area (TPSA) is 67.4 Å². The Hall–Kier alpha value is -1.88. The molecule has 0 radical (unpaired) electrons. The summed E-state index contributed by atoms with van der Waals surface area (Å²) in [7, 11) is 1.56. The maximum absolute atomic E-state index is 12.2. The van der Waals surface area contributed by atoms with Crippen molar-refractivity contribution >= 4 is 11.8 Å². The van der Waals surface area contributed by atoms with Crippen LogP contribution in [0.25, 0.3) is 0 Å². The molecule has 0 aliphatic carbocycles. The number of methoxy groups -OCH3 is 1. The highest BCUT2D eigenvalue weighted by atomic mass is 16.5. The lowest BCUT2D eigenvalue weighted by Crippen LogP contribution is -2.48. The fourth-order valence-electron chi connectivity index (χ4n) is 1.80. The molecular formula is C16H24N2O3. The molecule has 0 fully saturated rings. The van der Waals surface area contributed by atoms with Gasteiger partial charge in [-0.3, -0.25) is 9.59 Å². The van der Waals surface area contributed by atoms with Crippen molar-refractivity contribution in [2.45, 2.75) is 27.3 Å². The van der Waals surface area contributed by atoms with Crippen LogP contribution in [0.1, 0.15) is 25.0 Å². The van der Waals surface area contributed by atoms with E-state index in [0.717, 1.165) is 11.1 Å². The van der Waals surface area contributed by atoms with Gasteiger partial charge in [0.2, 0.25) is 11.8 Å². The summed E-state index contributed by atoms with van der Waals surface area (Å²) in [5.74, 6) is -0.595. The monoisotopic (exact) mass is 292 g/mol. The summed E-state index contributed by atoms with van der Waals surface area (Å²) < 4.78 is 4.87. The van der Waals surface area contributed by atoms with Crippen LogP contribution in [-0.4, -0.2) is 32.1 Å². The van der Waals surface area contributed by atoms with E-state index >= 15 is 0 Å². The number of aryl methyl sites for hydroxylation is 1. The Bertz CT molecular complexity index is 498. The minimum absolute atomic E-state index is 0.291. The molecule has 0 saturated heterocycles. The van der Waals surface area contributed by atoms with E-state index in [1.807, 2.05) is 31.2 Å². The Labute approximate surface area is 126 Å². The van der Waals surface area contributed by atoms with Crippen LogP contribution in [0.2, 0.25) is 0 Å². The van der Waals surface area contributed by atoms with Gasteiger partial charge in [0, 0.05) is 20.2 Å². The van der Waals surface area contributed by atoms with Crippen LogP contribution in [0.5, 0.6) is 0 Å². The second kappa shape index (κ2) is 7.78. The van der Waals surface area contributed by atoms with E-state index in [0.29, 0.717) is 19.7 Å². The molecule has 1 rings (SSSR count). The van der Waals surface area contributed by atoms with E-state index < -0.39 is 5.41 Å². The molecule has 1 aromatic rings. The molecule has 0 aliphatic rings. The smallest absolute Gasteiger partial charge is 0.235 e. The van der Waals surface area contributed by atoms with Crippen LogP contribution in [0.3, 0.4) is 0 Å². The summed E-state index contributed by atoms with van der Waals surface area (Å²) in [4.78, 5) is 24.3. The minimum atomic E-state index is -1.11. The van der Waals surface area contributed by atoms with Gasteiger partial charge in [-0.05, 0) is 31.9 Å². The molecule has 2 N–H and O–H groups in total. The molecule has 5 heteroatoms. The van der Waals surface area contributed by atoms with E-state index in [1.54, 1.807) is 21.0 Å². The first-order chi connectivity index (χ1) is 9.89. The Kier molecular flexibility index (Phi) is 6.37. The number of hydrogen-bond donors (Lipinski definition) is 2. The number of amides is 2. The second-order valence-electron chi connectivity index (χ2n) is 5.48. The zero-order chi connectivity index (χ0) is 15.9. The quantitative estimate of drug-likeness (QED) is 0.589. The van der Waals surface area contributed by atoms with Gasteiger partial charge >= 0.3 is 0 Å². The van der Waals surface area contributed by atoms with Crippen molar-refractivity contribution in [1.82, 2.24) is 10.6 Å². The largest absolute Gasteiger partial charge is 0.383 e. The first-order valence-electron chi connectivity index (χ1n) is 6.99. The lowest BCUT2D eigenvalue weighted by Gasteiger charge is -2.23. The van der Waals surface area contributed by atoms with Crippen LogP contribution in [0, 0.1) is 12.3 Å². The van der Waals surface area contributed by atoms with Crippen LogP contribution in [-0.2, 0) is 20.9 Å². The van der Waals surface area contributed by atoms with E-state index in [9.17, 15) is 9.59 Å². The average molecular weight is 292 g/mol. The number of nitrogens with one attached hydrogen (secondary N) is 2. The van der Waals surface area contributed by atoms with Gasteiger partial charge in [-0.15, -0.1) is 0 Å². The molecule has 2 amide bonds. The third kappa shape index (κ3) is 4.86. The van der Waals surface area contributed by atoms with Gasteiger partial charge in [0.25, 0.3) is 0 Å². The fourth-order valence-corrected chi connectivity index (χ4v) is 1.80. The predicted molar refractivity (Wildman–Crippen MR) is 81.7 cm³/mol. The molecule has 1 aromatic carbocycles. The zero-order valence-corrected chi connectivity index (χ0v) is 13.2. The van der Waals surface area contributed by atoms with E-state index in [4.69, 9.17) is 4.74 Å². The van der Waals surface area contributed by atoms with Crippen molar-refractivity contribution < 1.29 is 14.3 Å². The van der Waals surface area contributed by atoms with Gasteiger partial charge in [-0.25, -0.2) is 0 Å². The molecule has 0 bridgehead atoms. The lowest BCUT2D eigenvalue weighted by molar-refractivity contribution is -0.141. The highest BCUT2D eigenvalue weighted by Crippen LogP contribution is 2.16. The third-order valence-electron chi connectivity index (χ3n) is 3.43. The van der Waals surface area contributed by atoms with Gasteiger partial charge in [0.1, 0.15) is 5.41 Å². The number of carbonyl (C=O) groups excluding carboxylic acids is 2. The van der Waals surface area contributed by atoms with Crippen molar-refractivity contribution in [3.63, 3.8) is 0 Å². The van der Waals surface area contributed by atoms with Crippen LogP contribution in [0.15, 0.2) is 24.3 Å². The minimum Gasteiger partial charge on any atom is -0.383 e. The molecule has 0 atom stereocenters. The summed E-state index contributed by atoms with van der Waals surface area (Å²) in [6.45, 7) is 6.45. The van der Waals surface area contributed by atoms with Crippen LogP contribution < -0.4 is 10.6 Å². The SMILES string of the molecule is COCCNC(=O)C(C)(C)C(=O)NCc1ccccc1C. The lowest BCUT2D eigenvalue weighted by atomic mass is 9.91. The maximum Gasteiger partial charge on any atom is 0.235 e. The zero-order valence-electron chi connectivity index (χ0n) is 13.2. The molecule has 0 aromatic heterocycles. The van der Waals surface area contributed by atoms with Gasteiger partial charge < -0.3 is 15.4 Å². The number of benzene rings is 1. The molecule has 0 aliphatic heterocycles. The fraction of sp³-hybridized carbons (Fsp3) is 0.500.